The number of anilines is 2. The van der Waals surface area contributed by atoms with Crippen LogP contribution in [0.4, 0.5) is 11.4 Å². The molecule has 164 valence electrons. The van der Waals surface area contributed by atoms with Gasteiger partial charge in [0.15, 0.2) is 0 Å². The van der Waals surface area contributed by atoms with E-state index >= 15 is 0 Å². The van der Waals surface area contributed by atoms with Gasteiger partial charge in [-0.3, -0.25) is 13.9 Å². The first-order valence-electron chi connectivity index (χ1n) is 10.8. The number of likely N-dealkylation sites (tertiary alicyclic amines) is 1. The van der Waals surface area contributed by atoms with Crippen LogP contribution in [0.1, 0.15) is 52.8 Å². The van der Waals surface area contributed by atoms with Crippen LogP contribution in [-0.2, 0) is 10.0 Å². The van der Waals surface area contributed by atoms with Crippen molar-refractivity contribution in [2.24, 2.45) is 0 Å². The van der Waals surface area contributed by atoms with E-state index in [1.807, 2.05) is 4.90 Å². The summed E-state index contributed by atoms with van der Waals surface area (Å²) >= 11 is 0. The van der Waals surface area contributed by atoms with E-state index in [9.17, 15) is 18.0 Å². The van der Waals surface area contributed by atoms with Crippen molar-refractivity contribution < 1.29 is 18.0 Å². The van der Waals surface area contributed by atoms with Crippen LogP contribution in [0.15, 0.2) is 48.5 Å². The summed E-state index contributed by atoms with van der Waals surface area (Å²) in [4.78, 5) is 27.0. The van der Waals surface area contributed by atoms with Gasteiger partial charge in [0.1, 0.15) is 0 Å². The molecule has 31 heavy (non-hydrogen) atoms. The second-order valence-electron chi connectivity index (χ2n) is 8.03. The van der Waals surface area contributed by atoms with E-state index in [0.717, 1.165) is 32.4 Å². The minimum absolute atomic E-state index is 0.0285. The molecule has 0 aromatic heterocycles. The lowest BCUT2D eigenvalue weighted by Gasteiger charge is -2.28. The lowest BCUT2D eigenvalue weighted by atomic mass is 10.1. The maximum Gasteiger partial charge on any atom is 0.255 e. The third kappa shape index (κ3) is 4.90. The van der Waals surface area contributed by atoms with Crippen molar-refractivity contribution in [1.82, 2.24) is 4.90 Å². The smallest absolute Gasteiger partial charge is 0.255 e. The van der Waals surface area contributed by atoms with E-state index in [0.29, 0.717) is 35.5 Å². The first-order valence-corrected chi connectivity index (χ1v) is 12.4. The number of benzene rings is 2. The van der Waals surface area contributed by atoms with Crippen molar-refractivity contribution in [2.75, 3.05) is 35.0 Å². The fourth-order valence-corrected chi connectivity index (χ4v) is 5.68. The van der Waals surface area contributed by atoms with Crippen LogP contribution < -0.4 is 9.62 Å². The third-order valence-electron chi connectivity index (χ3n) is 5.80. The highest BCUT2D eigenvalue weighted by molar-refractivity contribution is 7.92. The zero-order valence-electron chi connectivity index (χ0n) is 17.4. The van der Waals surface area contributed by atoms with Crippen LogP contribution in [0, 0.1) is 0 Å². The maximum atomic E-state index is 12.6. The number of carbonyl (C=O) groups is 2. The minimum atomic E-state index is -3.28. The number of nitrogens with one attached hydrogen (secondary N) is 1. The molecule has 7 nitrogen and oxygen atoms in total. The van der Waals surface area contributed by atoms with Gasteiger partial charge >= 0.3 is 0 Å². The standard InChI is InChI=1S/C23H27N3O4S/c27-22(18-8-12-21(13-9-18)26-16-4-5-17-31(26,29)30)24-20-10-6-19(7-11-20)23(28)25-14-2-1-3-15-25/h6-13H,1-5,14-17H2,(H,24,27). The summed E-state index contributed by atoms with van der Waals surface area (Å²) < 4.78 is 25.9. The zero-order valence-corrected chi connectivity index (χ0v) is 18.2. The van der Waals surface area contributed by atoms with Crippen LogP contribution in [0.2, 0.25) is 0 Å². The molecule has 0 aliphatic carbocycles. The van der Waals surface area contributed by atoms with Crippen molar-refractivity contribution in [3.63, 3.8) is 0 Å². The molecule has 0 unspecified atom stereocenters. The molecule has 2 aromatic carbocycles. The molecular weight excluding hydrogens is 414 g/mol. The molecule has 0 saturated carbocycles. The monoisotopic (exact) mass is 441 g/mol. The summed E-state index contributed by atoms with van der Waals surface area (Å²) in [5.41, 5.74) is 2.23. The summed E-state index contributed by atoms with van der Waals surface area (Å²) in [5.74, 6) is -0.102. The summed E-state index contributed by atoms with van der Waals surface area (Å²) in [7, 11) is -3.28. The molecule has 2 aromatic rings. The van der Waals surface area contributed by atoms with Gasteiger partial charge in [0, 0.05) is 36.4 Å². The molecular formula is C23H27N3O4S. The number of amides is 2. The zero-order chi connectivity index (χ0) is 21.8. The van der Waals surface area contributed by atoms with Crippen molar-refractivity contribution in [2.45, 2.75) is 32.1 Å². The van der Waals surface area contributed by atoms with Gasteiger partial charge in [0.05, 0.1) is 11.4 Å². The van der Waals surface area contributed by atoms with Gasteiger partial charge in [0.25, 0.3) is 11.8 Å². The van der Waals surface area contributed by atoms with Gasteiger partial charge in [-0.2, -0.15) is 0 Å². The lowest BCUT2D eigenvalue weighted by Crippen LogP contribution is -2.37. The summed E-state index contributed by atoms with van der Waals surface area (Å²) in [6, 6.07) is 13.5. The third-order valence-corrected chi connectivity index (χ3v) is 7.67. The van der Waals surface area contributed by atoms with E-state index in [2.05, 4.69) is 5.32 Å². The van der Waals surface area contributed by atoms with Crippen LogP contribution in [-0.4, -0.2) is 50.5 Å². The Morgan fingerprint density at radius 1 is 0.742 bits per heavy atom. The van der Waals surface area contributed by atoms with Gasteiger partial charge in [-0.1, -0.05) is 0 Å². The molecule has 0 atom stereocenters. The largest absolute Gasteiger partial charge is 0.339 e. The fourth-order valence-electron chi connectivity index (χ4n) is 4.04. The SMILES string of the molecule is O=C(Nc1ccc(C(=O)N2CCCCC2)cc1)c1ccc(N2CCCCS2(=O)=O)cc1. The van der Waals surface area contributed by atoms with Crippen LogP contribution in [0.3, 0.4) is 0 Å². The van der Waals surface area contributed by atoms with Crippen molar-refractivity contribution in [1.29, 1.82) is 0 Å². The fraction of sp³-hybridized carbons (Fsp3) is 0.391. The van der Waals surface area contributed by atoms with E-state index in [4.69, 9.17) is 0 Å². The Kier molecular flexibility index (Phi) is 6.27. The molecule has 2 aliphatic rings. The average molecular weight is 442 g/mol. The lowest BCUT2D eigenvalue weighted by molar-refractivity contribution is 0.0724. The molecule has 2 saturated heterocycles. The van der Waals surface area contributed by atoms with E-state index in [1.54, 1.807) is 48.5 Å². The van der Waals surface area contributed by atoms with Crippen LogP contribution >= 0.6 is 0 Å². The van der Waals surface area contributed by atoms with Crippen molar-refractivity contribution >= 4 is 33.2 Å². The Balaban J connectivity index is 1.39. The van der Waals surface area contributed by atoms with Gasteiger partial charge in [-0.25, -0.2) is 8.42 Å². The normalized spacial score (nSPS) is 18.5. The van der Waals surface area contributed by atoms with Gasteiger partial charge in [0.2, 0.25) is 10.0 Å². The van der Waals surface area contributed by atoms with Crippen molar-refractivity contribution in [3.8, 4) is 0 Å². The van der Waals surface area contributed by atoms with Crippen LogP contribution in [0.25, 0.3) is 0 Å². The van der Waals surface area contributed by atoms with Gasteiger partial charge in [-0.05, 0) is 80.6 Å². The number of hydrogen-bond acceptors (Lipinski definition) is 4. The molecule has 4 rings (SSSR count). The topological polar surface area (TPSA) is 86.8 Å². The Morgan fingerprint density at radius 2 is 1.35 bits per heavy atom. The van der Waals surface area contributed by atoms with Crippen molar-refractivity contribution in [3.05, 3.63) is 59.7 Å². The molecule has 1 N–H and O–H groups in total. The maximum absolute atomic E-state index is 12.6. The number of piperidine rings is 1. The number of carbonyl (C=O) groups excluding carboxylic acids is 2. The van der Waals surface area contributed by atoms with E-state index < -0.39 is 10.0 Å². The van der Waals surface area contributed by atoms with E-state index in [-0.39, 0.29) is 17.6 Å². The van der Waals surface area contributed by atoms with Crippen LogP contribution in [0.5, 0.6) is 0 Å². The highest BCUT2D eigenvalue weighted by Gasteiger charge is 2.26. The Morgan fingerprint density at radius 3 is 2.00 bits per heavy atom. The summed E-state index contributed by atoms with van der Waals surface area (Å²) in [6.07, 6.45) is 4.77. The van der Waals surface area contributed by atoms with E-state index in [1.165, 1.54) is 10.7 Å². The summed E-state index contributed by atoms with van der Waals surface area (Å²) in [5, 5.41) is 2.82. The second-order valence-corrected chi connectivity index (χ2v) is 10.0. The first kappa shape index (κ1) is 21.4. The first-order chi connectivity index (χ1) is 14.9. The highest BCUT2D eigenvalue weighted by Crippen LogP contribution is 2.24. The molecule has 8 heteroatoms. The molecule has 2 aliphatic heterocycles. The second kappa shape index (κ2) is 9.09. The van der Waals surface area contributed by atoms with Gasteiger partial charge in [-0.15, -0.1) is 0 Å². The average Bonchev–Trinajstić information content (AvgIpc) is 2.79. The quantitative estimate of drug-likeness (QED) is 0.787. The number of hydrogen-bond donors (Lipinski definition) is 1. The van der Waals surface area contributed by atoms with Gasteiger partial charge < -0.3 is 10.2 Å². The number of rotatable bonds is 4. The Bertz CT molecular complexity index is 1040. The molecule has 2 amide bonds. The molecule has 2 fully saturated rings. The molecule has 2 heterocycles. The predicted octanol–water partition coefficient (Wildman–Crippen LogP) is 3.50. The minimum Gasteiger partial charge on any atom is -0.339 e. The Labute approximate surface area is 183 Å². The molecule has 0 radical (unpaired) electrons. The summed E-state index contributed by atoms with van der Waals surface area (Å²) in [6.45, 7) is 2.06. The highest BCUT2D eigenvalue weighted by atomic mass is 32.2. The number of nitrogens with zero attached hydrogens (tertiary/aromatic N) is 2. The molecule has 0 spiro atoms. The predicted molar refractivity (Wildman–Crippen MR) is 121 cm³/mol. The molecule has 0 bridgehead atoms. The Hall–Kier alpha value is -2.87. The number of sulfonamides is 1.